The van der Waals surface area contributed by atoms with E-state index in [1.807, 2.05) is 24.3 Å². The topological polar surface area (TPSA) is 43.4 Å². The lowest BCUT2D eigenvalue weighted by Crippen LogP contribution is -2.02. The third-order valence-electron chi connectivity index (χ3n) is 2.54. The van der Waals surface area contributed by atoms with Crippen molar-refractivity contribution in [2.75, 3.05) is 0 Å². The molecule has 0 heterocycles. The summed E-state index contributed by atoms with van der Waals surface area (Å²) in [6.45, 7) is 0.575. The zero-order valence-corrected chi connectivity index (χ0v) is 9.71. The van der Waals surface area contributed by atoms with Crippen molar-refractivity contribution in [2.24, 2.45) is 0 Å². The van der Waals surface area contributed by atoms with Crippen molar-refractivity contribution >= 4 is 12.3 Å². The average molecular weight is 240 g/mol. The van der Waals surface area contributed by atoms with E-state index in [9.17, 15) is 9.59 Å². The second kappa shape index (κ2) is 5.77. The van der Waals surface area contributed by atoms with Crippen LogP contribution in [-0.2, 0) is 16.1 Å². The van der Waals surface area contributed by atoms with Crippen LogP contribution >= 0.6 is 0 Å². The first-order valence-electron chi connectivity index (χ1n) is 5.55. The Hall–Kier alpha value is -2.42. The highest BCUT2D eigenvalue weighted by atomic mass is 16.5. The van der Waals surface area contributed by atoms with Crippen LogP contribution in [0.4, 0.5) is 0 Å². The Morgan fingerprint density at radius 1 is 1.00 bits per heavy atom. The van der Waals surface area contributed by atoms with Gasteiger partial charge in [0.25, 0.3) is 6.47 Å². The minimum atomic E-state index is -0.0384. The first-order valence-corrected chi connectivity index (χ1v) is 5.55. The molecule has 2 aromatic carbocycles. The van der Waals surface area contributed by atoms with E-state index in [0.29, 0.717) is 17.6 Å². The van der Waals surface area contributed by atoms with Crippen molar-refractivity contribution in [1.29, 1.82) is 0 Å². The number of ketones is 1. The first kappa shape index (κ1) is 12.0. The van der Waals surface area contributed by atoms with E-state index < -0.39 is 0 Å². The van der Waals surface area contributed by atoms with Gasteiger partial charge in [-0.05, 0) is 11.6 Å². The summed E-state index contributed by atoms with van der Waals surface area (Å²) in [5.74, 6) is -0.0384. The highest BCUT2D eigenvalue weighted by molar-refractivity contribution is 6.09. The number of carbonyl (C=O) groups excluding carboxylic acids is 2. The lowest BCUT2D eigenvalue weighted by molar-refractivity contribution is -0.129. The molecule has 0 bridgehead atoms. The van der Waals surface area contributed by atoms with Crippen molar-refractivity contribution in [1.82, 2.24) is 0 Å². The summed E-state index contributed by atoms with van der Waals surface area (Å²) in [6.07, 6.45) is 0. The normalized spacial score (nSPS) is 9.78. The Morgan fingerprint density at radius 2 is 1.72 bits per heavy atom. The molecule has 0 aliphatic rings. The van der Waals surface area contributed by atoms with Crippen LogP contribution in [0, 0.1) is 0 Å². The van der Waals surface area contributed by atoms with Gasteiger partial charge in [-0.25, -0.2) is 0 Å². The molecule has 0 fully saturated rings. The molecule has 90 valence electrons. The quantitative estimate of drug-likeness (QED) is 0.596. The maximum Gasteiger partial charge on any atom is 0.293 e. The molecule has 0 saturated carbocycles. The van der Waals surface area contributed by atoms with Gasteiger partial charge in [0.05, 0.1) is 0 Å². The van der Waals surface area contributed by atoms with E-state index in [4.69, 9.17) is 0 Å². The van der Waals surface area contributed by atoms with E-state index in [0.717, 1.165) is 5.56 Å². The van der Waals surface area contributed by atoms with Gasteiger partial charge in [-0.1, -0.05) is 48.5 Å². The fourth-order valence-electron chi connectivity index (χ4n) is 1.69. The van der Waals surface area contributed by atoms with Gasteiger partial charge in [0.15, 0.2) is 5.78 Å². The molecule has 2 aromatic rings. The fourth-order valence-corrected chi connectivity index (χ4v) is 1.69. The van der Waals surface area contributed by atoms with Crippen LogP contribution in [0.3, 0.4) is 0 Å². The van der Waals surface area contributed by atoms with E-state index in [1.54, 1.807) is 30.3 Å². The predicted molar refractivity (Wildman–Crippen MR) is 67.2 cm³/mol. The van der Waals surface area contributed by atoms with Gasteiger partial charge in [-0.2, -0.15) is 0 Å². The zero-order valence-electron chi connectivity index (χ0n) is 9.71. The van der Waals surface area contributed by atoms with Crippen molar-refractivity contribution in [2.45, 2.75) is 6.61 Å². The highest BCUT2D eigenvalue weighted by Crippen LogP contribution is 2.12. The van der Waals surface area contributed by atoms with Crippen LogP contribution in [0.2, 0.25) is 0 Å². The molecule has 0 saturated heterocycles. The fraction of sp³-hybridized carbons (Fsp3) is 0.0667. The predicted octanol–water partition coefficient (Wildman–Crippen LogP) is 2.59. The van der Waals surface area contributed by atoms with Gasteiger partial charge in [-0.15, -0.1) is 0 Å². The minimum absolute atomic E-state index is 0.0384. The third-order valence-corrected chi connectivity index (χ3v) is 2.54. The lowest BCUT2D eigenvalue weighted by Gasteiger charge is -2.04. The zero-order chi connectivity index (χ0) is 12.8. The number of hydrogen-bond acceptors (Lipinski definition) is 3. The van der Waals surface area contributed by atoms with Gasteiger partial charge < -0.3 is 4.74 Å². The lowest BCUT2D eigenvalue weighted by atomic mass is 10.0. The molecular formula is C15H12O3. The molecule has 0 atom stereocenters. The van der Waals surface area contributed by atoms with Crippen molar-refractivity contribution in [3.8, 4) is 0 Å². The van der Waals surface area contributed by atoms with Crippen molar-refractivity contribution in [3.63, 3.8) is 0 Å². The Bertz CT molecular complexity index is 547. The first-order chi connectivity index (χ1) is 8.81. The van der Waals surface area contributed by atoms with Crippen LogP contribution in [0.5, 0.6) is 0 Å². The molecule has 0 spiro atoms. The smallest absolute Gasteiger partial charge is 0.293 e. The van der Waals surface area contributed by atoms with E-state index in [-0.39, 0.29) is 12.4 Å². The summed E-state index contributed by atoms with van der Waals surface area (Å²) >= 11 is 0. The summed E-state index contributed by atoms with van der Waals surface area (Å²) in [7, 11) is 0. The Morgan fingerprint density at radius 3 is 2.44 bits per heavy atom. The van der Waals surface area contributed by atoms with Crippen LogP contribution < -0.4 is 0 Å². The number of rotatable bonds is 5. The summed E-state index contributed by atoms with van der Waals surface area (Å²) in [4.78, 5) is 22.3. The van der Waals surface area contributed by atoms with E-state index in [2.05, 4.69) is 4.74 Å². The number of hydrogen-bond donors (Lipinski definition) is 0. The molecule has 0 aliphatic carbocycles. The molecule has 2 rings (SSSR count). The van der Waals surface area contributed by atoms with E-state index in [1.165, 1.54) is 0 Å². The van der Waals surface area contributed by atoms with Crippen LogP contribution in [0.15, 0.2) is 54.6 Å². The number of ether oxygens (including phenoxy) is 1. The monoisotopic (exact) mass is 240 g/mol. The second-order valence-electron chi connectivity index (χ2n) is 3.80. The van der Waals surface area contributed by atoms with Crippen LogP contribution in [0.25, 0.3) is 0 Å². The molecule has 18 heavy (non-hydrogen) atoms. The Kier molecular flexibility index (Phi) is 3.86. The molecule has 3 heteroatoms. The Labute approximate surface area is 105 Å². The average Bonchev–Trinajstić information content (AvgIpc) is 2.45. The third kappa shape index (κ3) is 2.83. The number of benzene rings is 2. The van der Waals surface area contributed by atoms with Crippen molar-refractivity contribution in [3.05, 3.63) is 71.3 Å². The summed E-state index contributed by atoms with van der Waals surface area (Å²) in [5.41, 5.74) is 2.03. The molecule has 0 radical (unpaired) electrons. The Balaban J connectivity index is 2.23. The van der Waals surface area contributed by atoms with Gasteiger partial charge in [-0.3, -0.25) is 9.59 Å². The summed E-state index contributed by atoms with van der Waals surface area (Å²) in [5, 5.41) is 0. The molecule has 3 nitrogen and oxygen atoms in total. The summed E-state index contributed by atoms with van der Waals surface area (Å²) < 4.78 is 4.67. The minimum Gasteiger partial charge on any atom is -0.463 e. The largest absolute Gasteiger partial charge is 0.463 e. The van der Waals surface area contributed by atoms with Gasteiger partial charge in [0, 0.05) is 11.1 Å². The summed E-state index contributed by atoms with van der Waals surface area (Å²) in [6, 6.07) is 16.1. The second-order valence-corrected chi connectivity index (χ2v) is 3.80. The van der Waals surface area contributed by atoms with Gasteiger partial charge >= 0.3 is 0 Å². The molecule has 0 unspecified atom stereocenters. The molecule has 0 aromatic heterocycles. The highest BCUT2D eigenvalue weighted by Gasteiger charge is 2.08. The van der Waals surface area contributed by atoms with Gasteiger partial charge in [0.1, 0.15) is 6.61 Å². The molecule has 0 aliphatic heterocycles. The number of carbonyl (C=O) groups is 2. The molecule has 0 N–H and O–H groups in total. The standard InChI is InChI=1S/C15H12O3/c16-11-18-10-12-5-4-8-14(9-12)15(17)13-6-2-1-3-7-13/h1-9,11H,10H2. The van der Waals surface area contributed by atoms with Crippen LogP contribution in [-0.4, -0.2) is 12.3 Å². The van der Waals surface area contributed by atoms with Crippen molar-refractivity contribution < 1.29 is 14.3 Å². The van der Waals surface area contributed by atoms with Gasteiger partial charge in [0.2, 0.25) is 0 Å². The molecular weight excluding hydrogens is 228 g/mol. The molecule has 0 amide bonds. The van der Waals surface area contributed by atoms with Crippen LogP contribution in [0.1, 0.15) is 21.5 Å². The maximum absolute atomic E-state index is 12.2. The van der Waals surface area contributed by atoms with E-state index >= 15 is 0 Å². The SMILES string of the molecule is O=COCc1cccc(C(=O)c2ccccc2)c1. The maximum atomic E-state index is 12.2.